The second-order valence-electron chi connectivity index (χ2n) is 4.66. The smallest absolute Gasteiger partial charge is 0.132 e. The van der Waals surface area contributed by atoms with E-state index in [1.165, 1.54) is 0 Å². The maximum Gasteiger partial charge on any atom is 0.132 e. The summed E-state index contributed by atoms with van der Waals surface area (Å²) in [7, 11) is 0. The number of benzene rings is 1. The Labute approximate surface area is 123 Å². The lowest BCUT2D eigenvalue weighted by molar-refractivity contribution is 0.310. The zero-order chi connectivity index (χ0) is 14.5. The van der Waals surface area contributed by atoms with Crippen LogP contribution in [0.3, 0.4) is 0 Å². The molecule has 0 radical (unpaired) electrons. The molecule has 2 heterocycles. The zero-order valence-corrected chi connectivity index (χ0v) is 11.9. The topological polar surface area (TPSA) is 47.0 Å². The molecule has 3 aromatic rings. The van der Waals surface area contributed by atoms with Crippen molar-refractivity contribution in [1.82, 2.24) is 9.97 Å². The summed E-state index contributed by atoms with van der Waals surface area (Å²) in [4.78, 5) is 8.68. The minimum Gasteiger partial charge on any atom is -0.488 e. The third-order valence-corrected chi connectivity index (χ3v) is 3.22. The molecule has 1 N–H and O–H groups in total. The highest BCUT2D eigenvalue weighted by Gasteiger charge is 2.06. The average Bonchev–Trinajstić information content (AvgIpc) is 2.54. The molecule has 4 heteroatoms. The van der Waals surface area contributed by atoms with Crippen molar-refractivity contribution >= 4 is 16.7 Å². The molecule has 0 saturated carbocycles. The molecule has 2 aromatic heterocycles. The van der Waals surface area contributed by atoms with Crippen LogP contribution in [0.15, 0.2) is 54.9 Å². The highest BCUT2D eigenvalue weighted by Crippen LogP contribution is 2.25. The molecule has 3 rings (SSSR count). The molecule has 0 fully saturated rings. The fourth-order valence-electron chi connectivity index (χ4n) is 2.24. The molecule has 0 unspecified atom stereocenters. The quantitative estimate of drug-likeness (QED) is 0.774. The Balaban J connectivity index is 1.84. The zero-order valence-electron chi connectivity index (χ0n) is 11.9. The van der Waals surface area contributed by atoms with E-state index in [0.29, 0.717) is 6.61 Å². The number of fused-ring (bicyclic) bond motifs is 1. The highest BCUT2D eigenvalue weighted by molar-refractivity contribution is 5.84. The number of anilines is 1. The molecular weight excluding hydrogens is 262 g/mol. The lowest BCUT2D eigenvalue weighted by Crippen LogP contribution is -2.05. The summed E-state index contributed by atoms with van der Waals surface area (Å²) < 4.78 is 5.97. The fraction of sp³-hybridized carbons (Fsp3) is 0.176. The van der Waals surface area contributed by atoms with E-state index in [1.807, 2.05) is 42.5 Å². The predicted octanol–water partition coefficient (Wildman–Crippen LogP) is 3.64. The van der Waals surface area contributed by atoms with Crippen LogP contribution in [-0.2, 0) is 6.61 Å². The van der Waals surface area contributed by atoms with E-state index in [-0.39, 0.29) is 0 Å². The van der Waals surface area contributed by atoms with E-state index < -0.39 is 0 Å². The number of pyridine rings is 2. The van der Waals surface area contributed by atoms with Gasteiger partial charge in [-0.1, -0.05) is 12.1 Å². The number of hydrogen-bond acceptors (Lipinski definition) is 4. The number of aromatic nitrogens is 2. The lowest BCUT2D eigenvalue weighted by atomic mass is 10.2. The normalized spacial score (nSPS) is 10.5. The van der Waals surface area contributed by atoms with Crippen LogP contribution in [0.5, 0.6) is 5.75 Å². The number of hydrogen-bond donors (Lipinski definition) is 1. The largest absolute Gasteiger partial charge is 0.488 e. The van der Waals surface area contributed by atoms with Gasteiger partial charge < -0.3 is 10.1 Å². The van der Waals surface area contributed by atoms with Crippen LogP contribution in [0.2, 0.25) is 0 Å². The molecule has 0 bridgehead atoms. The first kappa shape index (κ1) is 13.4. The number of nitrogens with zero attached hydrogens (tertiary/aromatic N) is 2. The molecule has 4 nitrogen and oxygen atoms in total. The Kier molecular flexibility index (Phi) is 3.96. The Hall–Kier alpha value is -2.62. The molecule has 0 amide bonds. The number of ether oxygens (including phenoxy) is 1. The Morgan fingerprint density at radius 3 is 2.76 bits per heavy atom. The van der Waals surface area contributed by atoms with E-state index in [0.717, 1.165) is 34.6 Å². The molecule has 0 aliphatic rings. The lowest BCUT2D eigenvalue weighted by Gasteiger charge is -2.12. The van der Waals surface area contributed by atoms with E-state index >= 15 is 0 Å². The third kappa shape index (κ3) is 2.94. The summed E-state index contributed by atoms with van der Waals surface area (Å²) in [5, 5.41) is 4.27. The maximum absolute atomic E-state index is 5.97. The fourth-order valence-corrected chi connectivity index (χ4v) is 2.24. The first-order valence-electron chi connectivity index (χ1n) is 7.03. The van der Waals surface area contributed by atoms with Crippen LogP contribution >= 0.6 is 0 Å². The number of rotatable bonds is 5. The first-order valence-corrected chi connectivity index (χ1v) is 7.03. The average molecular weight is 279 g/mol. The highest BCUT2D eigenvalue weighted by atomic mass is 16.5. The summed E-state index contributed by atoms with van der Waals surface area (Å²) in [5.41, 5.74) is 1.98. The SMILES string of the molecule is CCNc1ncccc1COc1cccc2ncccc12. The Morgan fingerprint density at radius 1 is 1.00 bits per heavy atom. The monoisotopic (exact) mass is 279 g/mol. The standard InChI is InChI=1S/C17H17N3O/c1-2-18-17-13(6-4-11-20-17)12-21-16-9-3-8-15-14(16)7-5-10-19-15/h3-11H,2,12H2,1H3,(H,18,20). The summed E-state index contributed by atoms with van der Waals surface area (Å²) in [5.74, 6) is 1.71. The molecule has 21 heavy (non-hydrogen) atoms. The van der Waals surface area contributed by atoms with Crippen LogP contribution < -0.4 is 10.1 Å². The van der Waals surface area contributed by atoms with E-state index in [1.54, 1.807) is 12.4 Å². The predicted molar refractivity (Wildman–Crippen MR) is 84.5 cm³/mol. The van der Waals surface area contributed by atoms with E-state index in [9.17, 15) is 0 Å². The van der Waals surface area contributed by atoms with Gasteiger partial charge in [0.2, 0.25) is 0 Å². The van der Waals surface area contributed by atoms with Gasteiger partial charge in [0.05, 0.1) is 5.52 Å². The van der Waals surface area contributed by atoms with Crippen molar-refractivity contribution in [2.24, 2.45) is 0 Å². The van der Waals surface area contributed by atoms with Gasteiger partial charge in [-0.05, 0) is 37.3 Å². The van der Waals surface area contributed by atoms with Crippen LogP contribution in [-0.4, -0.2) is 16.5 Å². The summed E-state index contributed by atoms with van der Waals surface area (Å²) in [6.45, 7) is 3.36. The van der Waals surface area contributed by atoms with Crippen LogP contribution in [0.1, 0.15) is 12.5 Å². The molecule has 0 atom stereocenters. The molecule has 1 aromatic carbocycles. The van der Waals surface area contributed by atoms with E-state index in [4.69, 9.17) is 4.74 Å². The van der Waals surface area contributed by atoms with Gasteiger partial charge in [0, 0.05) is 29.9 Å². The minimum atomic E-state index is 0.476. The minimum absolute atomic E-state index is 0.476. The van der Waals surface area contributed by atoms with Crippen LogP contribution in [0.25, 0.3) is 10.9 Å². The van der Waals surface area contributed by atoms with Gasteiger partial charge in [0.15, 0.2) is 0 Å². The van der Waals surface area contributed by atoms with Crippen molar-refractivity contribution in [3.8, 4) is 5.75 Å². The van der Waals surface area contributed by atoms with Gasteiger partial charge >= 0.3 is 0 Å². The molecule has 0 aliphatic heterocycles. The van der Waals surface area contributed by atoms with Crippen molar-refractivity contribution in [1.29, 1.82) is 0 Å². The summed E-state index contributed by atoms with van der Waals surface area (Å²) in [6.07, 6.45) is 3.57. The second kappa shape index (κ2) is 6.22. The third-order valence-electron chi connectivity index (χ3n) is 3.22. The van der Waals surface area contributed by atoms with E-state index in [2.05, 4.69) is 22.2 Å². The Morgan fingerprint density at radius 2 is 1.86 bits per heavy atom. The van der Waals surface area contributed by atoms with Crippen LogP contribution in [0.4, 0.5) is 5.82 Å². The van der Waals surface area contributed by atoms with Crippen molar-refractivity contribution in [3.63, 3.8) is 0 Å². The van der Waals surface area contributed by atoms with Gasteiger partial charge in [-0.2, -0.15) is 0 Å². The molecule has 0 saturated heterocycles. The van der Waals surface area contributed by atoms with Gasteiger partial charge in [-0.15, -0.1) is 0 Å². The molecular formula is C17H17N3O. The van der Waals surface area contributed by atoms with Crippen molar-refractivity contribution < 1.29 is 4.74 Å². The van der Waals surface area contributed by atoms with Crippen molar-refractivity contribution in [2.45, 2.75) is 13.5 Å². The van der Waals surface area contributed by atoms with Crippen LogP contribution in [0, 0.1) is 0 Å². The van der Waals surface area contributed by atoms with Crippen molar-refractivity contribution in [2.75, 3.05) is 11.9 Å². The van der Waals surface area contributed by atoms with Crippen molar-refractivity contribution in [3.05, 3.63) is 60.4 Å². The van der Waals surface area contributed by atoms with Gasteiger partial charge in [-0.3, -0.25) is 4.98 Å². The van der Waals surface area contributed by atoms with Gasteiger partial charge in [0.25, 0.3) is 0 Å². The molecule has 0 spiro atoms. The summed E-state index contributed by atoms with van der Waals surface area (Å²) in [6, 6.07) is 13.8. The summed E-state index contributed by atoms with van der Waals surface area (Å²) >= 11 is 0. The first-order chi connectivity index (χ1) is 10.4. The molecule has 0 aliphatic carbocycles. The second-order valence-corrected chi connectivity index (χ2v) is 4.66. The van der Waals surface area contributed by atoms with Gasteiger partial charge in [-0.25, -0.2) is 4.98 Å². The van der Waals surface area contributed by atoms with Gasteiger partial charge in [0.1, 0.15) is 18.2 Å². The maximum atomic E-state index is 5.97. The number of nitrogens with one attached hydrogen (secondary N) is 1. The molecule has 106 valence electrons. The Bertz CT molecular complexity index is 737.